The number of hydrogen-bond acceptors (Lipinski definition) is 7. The van der Waals surface area contributed by atoms with E-state index in [9.17, 15) is 9.59 Å². The SMILES string of the molecule is Cc1cc(C)c(C(C)C(=O)NCC#N)c(CNC(=O)c2ccc(-c3csc(N4CCN(C)CC4)n3)cc2)c1. The maximum atomic E-state index is 13.0. The predicted octanol–water partition coefficient (Wildman–Crippen LogP) is 3.85. The Kier molecular flexibility index (Phi) is 8.77. The summed E-state index contributed by atoms with van der Waals surface area (Å²) in [6.45, 7) is 10.1. The monoisotopic (exact) mass is 530 g/mol. The second-order valence-electron chi connectivity index (χ2n) is 9.82. The van der Waals surface area contributed by atoms with Crippen molar-refractivity contribution in [1.82, 2.24) is 20.5 Å². The summed E-state index contributed by atoms with van der Waals surface area (Å²) in [6, 6.07) is 13.5. The van der Waals surface area contributed by atoms with Crippen molar-refractivity contribution in [2.24, 2.45) is 0 Å². The highest BCUT2D eigenvalue weighted by Gasteiger charge is 2.21. The molecule has 1 aromatic heterocycles. The van der Waals surface area contributed by atoms with Crippen LogP contribution in [0.25, 0.3) is 11.3 Å². The minimum Gasteiger partial charge on any atom is -0.348 e. The van der Waals surface area contributed by atoms with E-state index in [0.717, 1.165) is 64.8 Å². The Morgan fingerprint density at radius 1 is 1.11 bits per heavy atom. The van der Waals surface area contributed by atoms with Crippen LogP contribution in [0.15, 0.2) is 41.8 Å². The third-order valence-electron chi connectivity index (χ3n) is 6.93. The number of nitrogens with one attached hydrogen (secondary N) is 2. The number of likely N-dealkylation sites (N-methyl/N-ethyl adjacent to an activating group) is 1. The minimum atomic E-state index is -0.441. The predicted molar refractivity (Wildman–Crippen MR) is 151 cm³/mol. The summed E-state index contributed by atoms with van der Waals surface area (Å²) in [6.07, 6.45) is 0. The molecule has 8 nitrogen and oxygen atoms in total. The van der Waals surface area contributed by atoms with E-state index in [1.807, 2.05) is 63.2 Å². The number of aromatic nitrogens is 1. The molecular formula is C29H34N6O2S. The molecule has 198 valence electrons. The van der Waals surface area contributed by atoms with Crippen LogP contribution < -0.4 is 15.5 Å². The number of nitrogens with zero attached hydrogens (tertiary/aromatic N) is 4. The lowest BCUT2D eigenvalue weighted by atomic mass is 9.89. The molecule has 4 rings (SSSR count). The molecule has 0 spiro atoms. The number of carbonyl (C=O) groups is 2. The second-order valence-corrected chi connectivity index (χ2v) is 10.7. The molecule has 1 saturated heterocycles. The van der Waals surface area contributed by atoms with Gasteiger partial charge in [0.2, 0.25) is 5.91 Å². The Labute approximate surface area is 228 Å². The molecule has 0 bridgehead atoms. The second kappa shape index (κ2) is 12.2. The molecule has 38 heavy (non-hydrogen) atoms. The van der Waals surface area contributed by atoms with Crippen LogP contribution in [0.1, 0.15) is 45.5 Å². The van der Waals surface area contributed by atoms with Crippen LogP contribution in [0, 0.1) is 25.2 Å². The van der Waals surface area contributed by atoms with E-state index in [4.69, 9.17) is 10.2 Å². The Hall–Kier alpha value is -3.74. The van der Waals surface area contributed by atoms with Crippen LogP contribution >= 0.6 is 11.3 Å². The van der Waals surface area contributed by atoms with Gasteiger partial charge in [0.25, 0.3) is 5.91 Å². The Bertz CT molecular complexity index is 1340. The number of amides is 2. The quantitative estimate of drug-likeness (QED) is 0.429. The lowest BCUT2D eigenvalue weighted by Crippen LogP contribution is -2.44. The fraction of sp³-hybridized carbons (Fsp3) is 0.379. The third kappa shape index (κ3) is 6.39. The van der Waals surface area contributed by atoms with E-state index >= 15 is 0 Å². The molecule has 9 heteroatoms. The Balaban J connectivity index is 1.42. The molecular weight excluding hydrogens is 496 g/mol. The first kappa shape index (κ1) is 27.3. The van der Waals surface area contributed by atoms with Crippen LogP contribution in [0.5, 0.6) is 0 Å². The topological polar surface area (TPSA) is 101 Å². The number of aryl methyl sites for hydroxylation is 2. The number of thiazole rings is 1. The molecule has 2 heterocycles. The summed E-state index contributed by atoms with van der Waals surface area (Å²) in [4.78, 5) is 35.0. The number of carbonyl (C=O) groups excluding carboxylic acids is 2. The molecule has 2 amide bonds. The number of nitriles is 1. The molecule has 1 aliphatic rings. The number of anilines is 1. The average molecular weight is 531 g/mol. The first-order chi connectivity index (χ1) is 18.3. The number of piperazine rings is 1. The van der Waals surface area contributed by atoms with E-state index in [1.165, 1.54) is 0 Å². The number of rotatable bonds is 8. The van der Waals surface area contributed by atoms with Crippen LogP contribution in [-0.2, 0) is 11.3 Å². The van der Waals surface area contributed by atoms with Gasteiger partial charge in [-0.3, -0.25) is 9.59 Å². The zero-order chi connectivity index (χ0) is 27.2. The molecule has 3 aromatic rings. The maximum absolute atomic E-state index is 13.0. The van der Waals surface area contributed by atoms with Crippen molar-refractivity contribution in [3.63, 3.8) is 0 Å². The van der Waals surface area contributed by atoms with Gasteiger partial charge in [-0.25, -0.2) is 4.98 Å². The van der Waals surface area contributed by atoms with Crippen molar-refractivity contribution in [3.8, 4) is 17.3 Å². The normalized spacial score (nSPS) is 14.6. The van der Waals surface area contributed by atoms with Crippen molar-refractivity contribution in [2.75, 3.05) is 44.7 Å². The van der Waals surface area contributed by atoms with Crippen molar-refractivity contribution in [3.05, 3.63) is 69.6 Å². The summed E-state index contributed by atoms with van der Waals surface area (Å²) in [5.74, 6) is -0.830. The van der Waals surface area contributed by atoms with E-state index in [2.05, 4.69) is 32.9 Å². The summed E-state index contributed by atoms with van der Waals surface area (Å²) in [7, 11) is 2.14. The molecule has 1 fully saturated rings. The summed E-state index contributed by atoms with van der Waals surface area (Å²) in [5, 5.41) is 17.5. The van der Waals surface area contributed by atoms with Crippen molar-refractivity contribution >= 4 is 28.3 Å². The Morgan fingerprint density at radius 2 is 1.82 bits per heavy atom. The van der Waals surface area contributed by atoms with E-state index < -0.39 is 5.92 Å². The highest BCUT2D eigenvalue weighted by Crippen LogP contribution is 2.29. The van der Waals surface area contributed by atoms with Gasteiger partial charge in [0.15, 0.2) is 5.13 Å². The van der Waals surface area contributed by atoms with E-state index in [-0.39, 0.29) is 18.4 Å². The molecule has 0 saturated carbocycles. The highest BCUT2D eigenvalue weighted by molar-refractivity contribution is 7.14. The molecule has 2 N–H and O–H groups in total. The van der Waals surface area contributed by atoms with Gasteiger partial charge in [-0.2, -0.15) is 5.26 Å². The van der Waals surface area contributed by atoms with Crippen LogP contribution in [0.4, 0.5) is 5.13 Å². The molecule has 1 atom stereocenters. The van der Waals surface area contributed by atoms with Gasteiger partial charge < -0.3 is 20.4 Å². The summed E-state index contributed by atoms with van der Waals surface area (Å²) in [5.41, 5.74) is 6.27. The Morgan fingerprint density at radius 3 is 2.50 bits per heavy atom. The first-order valence-corrected chi connectivity index (χ1v) is 13.7. The zero-order valence-electron chi connectivity index (χ0n) is 22.4. The fourth-order valence-corrected chi connectivity index (χ4v) is 5.74. The zero-order valence-corrected chi connectivity index (χ0v) is 23.2. The van der Waals surface area contributed by atoms with Gasteiger partial charge in [0.05, 0.1) is 17.7 Å². The van der Waals surface area contributed by atoms with Gasteiger partial charge in [-0.15, -0.1) is 11.3 Å². The van der Waals surface area contributed by atoms with Gasteiger partial charge in [0.1, 0.15) is 6.54 Å². The third-order valence-corrected chi connectivity index (χ3v) is 7.83. The van der Waals surface area contributed by atoms with Crippen LogP contribution in [0.2, 0.25) is 0 Å². The van der Waals surface area contributed by atoms with Gasteiger partial charge in [-0.05, 0) is 56.6 Å². The standard InChI is InChI=1S/C29H34N6O2S/c1-19-15-20(2)26(21(3)27(36)31-10-9-30)24(16-19)17-32-28(37)23-7-5-22(6-8-23)25-18-38-29(33-25)35-13-11-34(4)12-14-35/h5-8,15-16,18,21H,10-14,17H2,1-4H3,(H,31,36)(H,32,37). The molecule has 1 unspecified atom stereocenters. The maximum Gasteiger partial charge on any atom is 0.251 e. The van der Waals surface area contributed by atoms with Gasteiger partial charge in [-0.1, -0.05) is 29.8 Å². The van der Waals surface area contributed by atoms with Gasteiger partial charge in [0, 0.05) is 49.2 Å². The molecule has 0 radical (unpaired) electrons. The number of benzene rings is 2. The van der Waals surface area contributed by atoms with Gasteiger partial charge >= 0.3 is 0 Å². The highest BCUT2D eigenvalue weighted by atomic mass is 32.1. The number of hydrogen-bond donors (Lipinski definition) is 2. The summed E-state index contributed by atoms with van der Waals surface area (Å²) < 4.78 is 0. The summed E-state index contributed by atoms with van der Waals surface area (Å²) >= 11 is 1.65. The first-order valence-electron chi connectivity index (χ1n) is 12.8. The van der Waals surface area contributed by atoms with Crippen LogP contribution in [0.3, 0.4) is 0 Å². The lowest BCUT2D eigenvalue weighted by Gasteiger charge is -2.32. The average Bonchev–Trinajstić information content (AvgIpc) is 3.40. The van der Waals surface area contributed by atoms with E-state index in [1.54, 1.807) is 11.3 Å². The van der Waals surface area contributed by atoms with Crippen molar-refractivity contribution in [1.29, 1.82) is 5.26 Å². The minimum absolute atomic E-state index is 0.0335. The largest absolute Gasteiger partial charge is 0.348 e. The van der Waals surface area contributed by atoms with E-state index in [0.29, 0.717) is 12.1 Å². The molecule has 0 aliphatic carbocycles. The fourth-order valence-electron chi connectivity index (χ4n) is 4.85. The molecule has 2 aromatic carbocycles. The molecule has 1 aliphatic heterocycles. The van der Waals surface area contributed by atoms with Crippen molar-refractivity contribution in [2.45, 2.75) is 33.2 Å². The smallest absolute Gasteiger partial charge is 0.251 e. The lowest BCUT2D eigenvalue weighted by molar-refractivity contribution is -0.122. The van der Waals surface area contributed by atoms with Crippen molar-refractivity contribution < 1.29 is 9.59 Å². The van der Waals surface area contributed by atoms with Crippen LogP contribution in [-0.4, -0.2) is 61.5 Å².